The number of hydrogen-bond donors (Lipinski definition) is 1. The Morgan fingerprint density at radius 3 is 1.56 bits per heavy atom. The first-order valence-corrected chi connectivity index (χ1v) is 19.7. The van der Waals surface area contributed by atoms with Gasteiger partial charge in [-0.2, -0.15) is 0 Å². The molecule has 1 unspecified atom stereocenters. The van der Waals surface area contributed by atoms with Crippen molar-refractivity contribution in [2.24, 2.45) is 0 Å². The molecule has 346 valence electrons. The third-order valence-electron chi connectivity index (χ3n) is 9.51. The lowest BCUT2D eigenvalue weighted by Crippen LogP contribution is -2.75. The van der Waals surface area contributed by atoms with E-state index in [1.807, 2.05) is 27.7 Å². The molecule has 2 saturated heterocycles. The highest BCUT2D eigenvalue weighted by atomic mass is 16.8. The molecule has 0 amide bonds. The highest BCUT2D eigenvalue weighted by molar-refractivity contribution is 5.70. The van der Waals surface area contributed by atoms with Gasteiger partial charge in [-0.1, -0.05) is 45.9 Å². The van der Waals surface area contributed by atoms with Crippen molar-refractivity contribution >= 4 is 47.9 Å². The van der Waals surface area contributed by atoms with E-state index in [1.165, 1.54) is 6.92 Å². The van der Waals surface area contributed by atoms with Crippen LogP contribution in [-0.4, -0.2) is 133 Å². The standard InChI is InChI=1S/C41H56O21/c1-18(2)28-14-13-15-29(19(3)4)32(28)61-40(50)53-20(5)41(62-27(12)48)36(49)31(17-52-22(7)43)59-39(37(41)56-25(10)46)60-33-30(16-51-21(6)42)58-38(57-26(11)47)35(55-24(9)45)34(33)54-23(8)44/h13-15,18-20,30-31,33-39,49H,16-17H2,1-12H3/t20?,30-,31-,33-,34+,35-,36-,37+,38-,39-,41+/m1/s1. The van der Waals surface area contributed by atoms with Crippen molar-refractivity contribution in [2.75, 3.05) is 13.2 Å². The van der Waals surface area contributed by atoms with Crippen LogP contribution in [0.5, 0.6) is 5.75 Å². The Balaban J connectivity index is 2.30. The summed E-state index contributed by atoms with van der Waals surface area (Å²) in [6.45, 7) is 14.2. The summed E-state index contributed by atoms with van der Waals surface area (Å²) < 4.78 is 68.1. The van der Waals surface area contributed by atoms with E-state index in [1.54, 1.807) is 18.2 Å². The minimum absolute atomic E-state index is 0.124. The smallest absolute Gasteiger partial charge is 0.463 e. The number of carbonyl (C=O) groups is 8. The van der Waals surface area contributed by atoms with E-state index < -0.39 is 128 Å². The number of aliphatic hydroxyl groups excluding tert-OH is 1. The van der Waals surface area contributed by atoms with Crippen molar-refractivity contribution in [3.63, 3.8) is 0 Å². The Morgan fingerprint density at radius 1 is 0.613 bits per heavy atom. The Labute approximate surface area is 358 Å². The van der Waals surface area contributed by atoms with E-state index >= 15 is 0 Å². The molecule has 1 aromatic carbocycles. The molecule has 62 heavy (non-hydrogen) atoms. The molecule has 0 spiro atoms. The third kappa shape index (κ3) is 13.1. The first-order valence-electron chi connectivity index (χ1n) is 19.7. The summed E-state index contributed by atoms with van der Waals surface area (Å²) in [6, 6.07) is 5.32. The van der Waals surface area contributed by atoms with E-state index in [0.29, 0.717) is 11.1 Å². The van der Waals surface area contributed by atoms with Crippen molar-refractivity contribution in [1.29, 1.82) is 0 Å². The maximum Gasteiger partial charge on any atom is 0.514 e. The molecular formula is C41H56O21. The molecule has 21 heteroatoms. The largest absolute Gasteiger partial charge is 0.514 e. The van der Waals surface area contributed by atoms with Gasteiger partial charge in [0.25, 0.3) is 0 Å². The van der Waals surface area contributed by atoms with E-state index in [0.717, 1.165) is 48.5 Å². The van der Waals surface area contributed by atoms with Gasteiger partial charge in [0.05, 0.1) is 0 Å². The van der Waals surface area contributed by atoms with Gasteiger partial charge in [0.1, 0.15) is 49.5 Å². The number of carbonyl (C=O) groups excluding carboxylic acids is 8. The van der Waals surface area contributed by atoms with Crippen molar-refractivity contribution in [3.8, 4) is 5.75 Å². The lowest BCUT2D eigenvalue weighted by atomic mass is 9.79. The number of ether oxygens (including phenoxy) is 12. The highest BCUT2D eigenvalue weighted by Gasteiger charge is 2.67. The lowest BCUT2D eigenvalue weighted by molar-refractivity contribution is -0.379. The third-order valence-corrected chi connectivity index (χ3v) is 9.51. The summed E-state index contributed by atoms with van der Waals surface area (Å²) in [7, 11) is 0. The van der Waals surface area contributed by atoms with Crippen LogP contribution < -0.4 is 4.74 Å². The second-order valence-corrected chi connectivity index (χ2v) is 15.2. The van der Waals surface area contributed by atoms with Gasteiger partial charge in [0, 0.05) is 48.5 Å². The van der Waals surface area contributed by atoms with Crippen LogP contribution in [-0.2, 0) is 85.7 Å². The summed E-state index contributed by atoms with van der Waals surface area (Å²) in [5.74, 6) is -6.83. The van der Waals surface area contributed by atoms with Gasteiger partial charge in [-0.3, -0.25) is 33.6 Å². The molecule has 11 atom stereocenters. The van der Waals surface area contributed by atoms with Crippen molar-refractivity contribution in [1.82, 2.24) is 0 Å². The average molecular weight is 885 g/mol. The van der Waals surface area contributed by atoms with Gasteiger partial charge < -0.3 is 61.9 Å². The molecule has 0 radical (unpaired) electrons. The minimum atomic E-state index is -2.71. The maximum absolute atomic E-state index is 13.8. The second kappa shape index (κ2) is 22.1. The van der Waals surface area contributed by atoms with Crippen LogP contribution in [0.4, 0.5) is 4.79 Å². The molecule has 2 heterocycles. The zero-order chi connectivity index (χ0) is 46.8. The Hall–Kier alpha value is -5.38. The van der Waals surface area contributed by atoms with Gasteiger partial charge in [-0.05, 0) is 29.9 Å². The van der Waals surface area contributed by atoms with Crippen LogP contribution in [0.15, 0.2) is 18.2 Å². The first-order chi connectivity index (χ1) is 28.9. The molecule has 0 aromatic heterocycles. The van der Waals surface area contributed by atoms with Gasteiger partial charge in [0.2, 0.25) is 18.0 Å². The molecule has 0 bridgehead atoms. The molecule has 3 rings (SSSR count). The van der Waals surface area contributed by atoms with Crippen LogP contribution in [0.2, 0.25) is 0 Å². The number of hydrogen-bond acceptors (Lipinski definition) is 21. The zero-order valence-electron chi connectivity index (χ0n) is 36.7. The highest BCUT2D eigenvalue weighted by Crippen LogP contribution is 2.43. The van der Waals surface area contributed by atoms with Crippen LogP contribution in [0, 0.1) is 0 Å². The van der Waals surface area contributed by atoms with Gasteiger partial charge in [-0.15, -0.1) is 0 Å². The molecule has 21 nitrogen and oxygen atoms in total. The molecule has 0 aliphatic carbocycles. The van der Waals surface area contributed by atoms with Crippen LogP contribution in [0.3, 0.4) is 0 Å². The zero-order valence-corrected chi connectivity index (χ0v) is 36.7. The van der Waals surface area contributed by atoms with Gasteiger partial charge in [0.15, 0.2) is 18.5 Å². The van der Waals surface area contributed by atoms with Crippen molar-refractivity contribution < 1.29 is 100 Å². The van der Waals surface area contributed by atoms with Gasteiger partial charge >= 0.3 is 47.9 Å². The number of aliphatic hydroxyl groups is 1. The predicted molar refractivity (Wildman–Crippen MR) is 206 cm³/mol. The fraction of sp³-hybridized carbons (Fsp3) is 0.659. The lowest BCUT2D eigenvalue weighted by Gasteiger charge is -2.53. The normalized spacial score (nSPS) is 27.5. The molecule has 0 saturated carbocycles. The summed E-state index contributed by atoms with van der Waals surface area (Å²) in [6.07, 6.45) is -20.2. The maximum atomic E-state index is 13.8. The molecule has 2 aliphatic rings. The Morgan fingerprint density at radius 2 is 1.10 bits per heavy atom. The number of benzene rings is 1. The van der Waals surface area contributed by atoms with Crippen molar-refractivity contribution in [3.05, 3.63) is 29.3 Å². The topological polar surface area (TPSA) is 268 Å². The molecule has 2 fully saturated rings. The molecule has 1 N–H and O–H groups in total. The molecule has 2 aliphatic heterocycles. The van der Waals surface area contributed by atoms with Crippen LogP contribution in [0.25, 0.3) is 0 Å². The van der Waals surface area contributed by atoms with Crippen molar-refractivity contribution in [2.45, 2.75) is 162 Å². The summed E-state index contributed by atoms with van der Waals surface area (Å²) >= 11 is 0. The fourth-order valence-corrected chi connectivity index (χ4v) is 7.05. The van der Waals surface area contributed by atoms with E-state index in [4.69, 9.17) is 56.8 Å². The summed E-state index contributed by atoms with van der Waals surface area (Å²) in [5, 5.41) is 12.2. The second-order valence-electron chi connectivity index (χ2n) is 15.2. The predicted octanol–water partition coefficient (Wildman–Crippen LogP) is 2.82. The summed E-state index contributed by atoms with van der Waals surface area (Å²) in [5.41, 5.74) is -1.41. The minimum Gasteiger partial charge on any atom is -0.463 e. The fourth-order valence-electron chi connectivity index (χ4n) is 7.05. The quantitative estimate of drug-likeness (QED) is 0.142. The van der Waals surface area contributed by atoms with E-state index in [9.17, 15) is 43.5 Å². The number of rotatable bonds is 16. The molecule has 1 aromatic rings. The Kier molecular flexibility index (Phi) is 18.2. The number of para-hydroxylation sites is 1. The average Bonchev–Trinajstić information content (AvgIpc) is 3.13. The SMILES string of the molecule is CC(=O)OC[C@H]1O[C@@H](OC(C)=O)[C@H](OC(C)=O)[C@@H](OC(C)=O)[C@@H]1O[C@H]1O[C@H](COC(C)=O)[C@@H](O)[C@@](OC(C)=O)(C(C)OC(=O)Oc2c(C(C)C)cccc2C(C)C)[C@H]1OC(C)=O. The summed E-state index contributed by atoms with van der Waals surface area (Å²) in [4.78, 5) is 101. The van der Waals surface area contributed by atoms with Gasteiger partial charge in [-0.25, -0.2) is 4.79 Å². The van der Waals surface area contributed by atoms with E-state index in [-0.39, 0.29) is 17.6 Å². The van der Waals surface area contributed by atoms with E-state index in [2.05, 4.69) is 0 Å². The monoisotopic (exact) mass is 884 g/mol. The Bertz CT molecular complexity index is 1780. The number of esters is 7. The van der Waals surface area contributed by atoms with Crippen LogP contribution in [0.1, 0.15) is 106 Å². The van der Waals surface area contributed by atoms with Crippen LogP contribution >= 0.6 is 0 Å². The molecular weight excluding hydrogens is 828 g/mol. The first kappa shape index (κ1) is 51.0.